The van der Waals surface area contributed by atoms with Crippen LogP contribution in [0.4, 0.5) is 5.69 Å². The Hall–Kier alpha value is -1.49. The third-order valence-corrected chi connectivity index (χ3v) is 5.65. The molecule has 0 bridgehead atoms. The van der Waals surface area contributed by atoms with Gasteiger partial charge < -0.3 is 10.1 Å². The van der Waals surface area contributed by atoms with E-state index in [9.17, 15) is 0 Å². The van der Waals surface area contributed by atoms with Gasteiger partial charge in [-0.2, -0.15) is 0 Å². The molecular weight excluding hydrogens is 490 g/mol. The highest BCUT2D eigenvalue weighted by Crippen LogP contribution is 2.35. The van der Waals surface area contributed by atoms with Crippen LogP contribution in [0.3, 0.4) is 0 Å². The fourth-order valence-electron chi connectivity index (χ4n) is 2.80. The van der Waals surface area contributed by atoms with Gasteiger partial charge in [0.25, 0.3) is 0 Å². The Kier molecular flexibility index (Phi) is 6.85. The Labute approximate surface area is 182 Å². The summed E-state index contributed by atoms with van der Waals surface area (Å²) in [6.07, 6.45) is 0. The molecule has 0 saturated heterocycles. The molecule has 3 rings (SSSR count). The zero-order valence-corrected chi connectivity index (χ0v) is 19.1. The first-order valence-corrected chi connectivity index (χ1v) is 10.5. The number of benzene rings is 3. The van der Waals surface area contributed by atoms with Gasteiger partial charge in [0.05, 0.1) is 8.95 Å². The van der Waals surface area contributed by atoms with Crippen LogP contribution in [0.2, 0.25) is 5.02 Å². The molecule has 0 aliphatic rings. The molecule has 0 saturated carbocycles. The summed E-state index contributed by atoms with van der Waals surface area (Å²) in [4.78, 5) is 0. The quantitative estimate of drug-likeness (QED) is 0.368. The molecule has 0 atom stereocenters. The molecule has 140 valence electrons. The Morgan fingerprint density at radius 1 is 0.889 bits per heavy atom. The first-order valence-electron chi connectivity index (χ1n) is 8.58. The van der Waals surface area contributed by atoms with E-state index in [1.54, 1.807) is 0 Å². The SMILES string of the molecule is Cc1ccc(NCc2cc(Br)c(OCc3ccc(Cl)cc3)c(Br)c2)c(C)c1. The molecule has 0 heterocycles. The van der Waals surface area contributed by atoms with E-state index in [0.29, 0.717) is 6.61 Å². The summed E-state index contributed by atoms with van der Waals surface area (Å²) in [5.74, 6) is 0.792. The molecule has 0 aliphatic heterocycles. The van der Waals surface area contributed by atoms with Gasteiger partial charge in [0.1, 0.15) is 12.4 Å². The van der Waals surface area contributed by atoms with Gasteiger partial charge in [-0.05, 0) is 92.7 Å². The van der Waals surface area contributed by atoms with Crippen LogP contribution in [0.1, 0.15) is 22.3 Å². The van der Waals surface area contributed by atoms with Crippen molar-refractivity contribution in [2.45, 2.75) is 27.0 Å². The van der Waals surface area contributed by atoms with E-state index in [1.165, 1.54) is 11.1 Å². The highest BCUT2D eigenvalue weighted by molar-refractivity contribution is 9.11. The summed E-state index contributed by atoms with van der Waals surface area (Å²) in [6.45, 7) is 5.44. The molecule has 5 heteroatoms. The maximum Gasteiger partial charge on any atom is 0.148 e. The van der Waals surface area contributed by atoms with E-state index >= 15 is 0 Å². The summed E-state index contributed by atoms with van der Waals surface area (Å²) < 4.78 is 7.83. The van der Waals surface area contributed by atoms with Crippen molar-refractivity contribution in [3.8, 4) is 5.75 Å². The van der Waals surface area contributed by atoms with Gasteiger partial charge in [-0.15, -0.1) is 0 Å². The number of aryl methyl sites for hydroxylation is 2. The molecule has 2 nitrogen and oxygen atoms in total. The van der Waals surface area contributed by atoms with Gasteiger partial charge in [-0.3, -0.25) is 0 Å². The average molecular weight is 510 g/mol. The Morgan fingerprint density at radius 2 is 1.56 bits per heavy atom. The number of nitrogens with one attached hydrogen (secondary N) is 1. The van der Waals surface area contributed by atoms with Gasteiger partial charge >= 0.3 is 0 Å². The van der Waals surface area contributed by atoms with Crippen molar-refractivity contribution in [3.63, 3.8) is 0 Å². The van der Waals surface area contributed by atoms with Gasteiger partial charge in [0, 0.05) is 17.3 Å². The largest absolute Gasteiger partial charge is 0.487 e. The lowest BCUT2D eigenvalue weighted by Crippen LogP contribution is -2.03. The predicted molar refractivity (Wildman–Crippen MR) is 121 cm³/mol. The van der Waals surface area contributed by atoms with E-state index in [-0.39, 0.29) is 0 Å². The Morgan fingerprint density at radius 3 is 2.19 bits per heavy atom. The van der Waals surface area contributed by atoms with Crippen LogP contribution in [-0.4, -0.2) is 0 Å². The molecule has 0 radical (unpaired) electrons. The molecule has 27 heavy (non-hydrogen) atoms. The lowest BCUT2D eigenvalue weighted by Gasteiger charge is -2.14. The highest BCUT2D eigenvalue weighted by Gasteiger charge is 2.10. The number of rotatable bonds is 6. The van der Waals surface area contributed by atoms with Crippen LogP contribution in [0.5, 0.6) is 5.75 Å². The van der Waals surface area contributed by atoms with Crippen LogP contribution in [-0.2, 0) is 13.2 Å². The van der Waals surface area contributed by atoms with Gasteiger partial charge in [0.15, 0.2) is 0 Å². The minimum absolute atomic E-state index is 0.481. The first kappa shape index (κ1) is 20.2. The second kappa shape index (κ2) is 9.13. The number of anilines is 1. The van der Waals surface area contributed by atoms with Crippen molar-refractivity contribution < 1.29 is 4.74 Å². The molecule has 1 N–H and O–H groups in total. The van der Waals surface area contributed by atoms with Crippen LogP contribution in [0.15, 0.2) is 63.5 Å². The molecule has 3 aromatic rings. The van der Waals surface area contributed by atoms with Gasteiger partial charge in [0.2, 0.25) is 0 Å². The average Bonchev–Trinajstić information content (AvgIpc) is 2.62. The van der Waals surface area contributed by atoms with E-state index in [1.807, 2.05) is 24.3 Å². The third-order valence-electron chi connectivity index (χ3n) is 4.22. The van der Waals surface area contributed by atoms with Crippen molar-refractivity contribution in [2.24, 2.45) is 0 Å². The van der Waals surface area contributed by atoms with Crippen LogP contribution in [0.25, 0.3) is 0 Å². The Bertz CT molecular complexity index is 919. The minimum Gasteiger partial charge on any atom is -0.487 e. The fourth-order valence-corrected chi connectivity index (χ4v) is 4.43. The van der Waals surface area contributed by atoms with Crippen LogP contribution < -0.4 is 10.1 Å². The maximum atomic E-state index is 5.99. The van der Waals surface area contributed by atoms with E-state index in [4.69, 9.17) is 16.3 Å². The number of hydrogen-bond acceptors (Lipinski definition) is 2. The summed E-state index contributed by atoms with van der Waals surface area (Å²) >= 11 is 13.2. The second-order valence-corrected chi connectivity index (χ2v) is 8.62. The van der Waals surface area contributed by atoms with Crippen LogP contribution in [0, 0.1) is 13.8 Å². The molecule has 0 amide bonds. The second-order valence-electron chi connectivity index (χ2n) is 6.48. The molecular formula is C22H20Br2ClNO. The number of hydrogen-bond donors (Lipinski definition) is 1. The topological polar surface area (TPSA) is 21.3 Å². The maximum absolute atomic E-state index is 5.99. The lowest BCUT2D eigenvalue weighted by atomic mass is 10.1. The molecule has 0 aliphatic carbocycles. The summed E-state index contributed by atoms with van der Waals surface area (Å²) in [6, 6.07) is 18.3. The summed E-state index contributed by atoms with van der Waals surface area (Å²) in [7, 11) is 0. The molecule has 0 unspecified atom stereocenters. The summed E-state index contributed by atoms with van der Waals surface area (Å²) in [5, 5.41) is 4.22. The third kappa shape index (κ3) is 5.50. The van der Waals surface area contributed by atoms with E-state index in [2.05, 4.69) is 81.4 Å². The number of halogens is 3. The predicted octanol–water partition coefficient (Wildman–Crippen LogP) is 7.67. The fraction of sp³-hybridized carbons (Fsp3) is 0.182. The lowest BCUT2D eigenvalue weighted by molar-refractivity contribution is 0.302. The Balaban J connectivity index is 1.67. The van der Waals surface area contributed by atoms with E-state index in [0.717, 1.165) is 43.1 Å². The van der Waals surface area contributed by atoms with Gasteiger partial charge in [-0.1, -0.05) is 41.4 Å². The molecule has 0 aromatic heterocycles. The zero-order chi connectivity index (χ0) is 19.4. The first-order chi connectivity index (χ1) is 12.9. The van der Waals surface area contributed by atoms with E-state index < -0.39 is 0 Å². The summed E-state index contributed by atoms with van der Waals surface area (Å²) in [5.41, 5.74) is 5.89. The molecule has 0 spiro atoms. The van der Waals surface area contributed by atoms with Crippen molar-refractivity contribution in [3.05, 3.63) is 90.8 Å². The van der Waals surface area contributed by atoms with Crippen molar-refractivity contribution in [1.82, 2.24) is 0 Å². The van der Waals surface area contributed by atoms with Crippen molar-refractivity contribution in [1.29, 1.82) is 0 Å². The highest BCUT2D eigenvalue weighted by atomic mass is 79.9. The monoisotopic (exact) mass is 507 g/mol. The minimum atomic E-state index is 0.481. The zero-order valence-electron chi connectivity index (χ0n) is 15.2. The molecule has 0 fully saturated rings. The van der Waals surface area contributed by atoms with Crippen molar-refractivity contribution >= 4 is 49.1 Å². The smallest absolute Gasteiger partial charge is 0.148 e. The molecule has 3 aromatic carbocycles. The van der Waals surface area contributed by atoms with Crippen molar-refractivity contribution in [2.75, 3.05) is 5.32 Å². The van der Waals surface area contributed by atoms with Gasteiger partial charge in [-0.25, -0.2) is 0 Å². The normalized spacial score (nSPS) is 10.7. The van der Waals surface area contributed by atoms with Crippen LogP contribution >= 0.6 is 43.5 Å². The number of ether oxygens (including phenoxy) is 1. The standard InChI is InChI=1S/C22H20Br2ClNO/c1-14-3-8-21(15(2)9-14)26-12-17-10-19(23)22(20(24)11-17)27-13-16-4-6-18(25)7-5-16/h3-11,26H,12-13H2,1-2H3.